The van der Waals surface area contributed by atoms with Crippen molar-refractivity contribution >= 4 is 36.9 Å². The van der Waals surface area contributed by atoms with Crippen LogP contribution in [0.3, 0.4) is 0 Å². The third kappa shape index (κ3) is 2.03. The molecule has 0 saturated carbocycles. The number of rotatable bonds is 1. The van der Waals surface area contributed by atoms with Crippen LogP contribution in [0.1, 0.15) is 0 Å². The molecule has 0 amide bonds. The summed E-state index contributed by atoms with van der Waals surface area (Å²) in [6.07, 6.45) is 0. The predicted molar refractivity (Wildman–Crippen MR) is 59.9 cm³/mol. The Hall–Kier alpha value is -0.940. The van der Waals surface area contributed by atoms with Gasteiger partial charge >= 0.3 is 10.2 Å². The van der Waals surface area contributed by atoms with Gasteiger partial charge in [0.15, 0.2) is 0 Å². The summed E-state index contributed by atoms with van der Waals surface area (Å²) in [5, 5.41) is 1.08. The average molecular weight is 289 g/mol. The standard InChI is InChI=1S/C10H6BrFO2S/c11-8-5-7-3-1-2-4-9(7)10(6-8)15(12,13)14/h1-6H. The fourth-order valence-electron chi connectivity index (χ4n) is 1.44. The molecule has 2 aromatic rings. The fourth-order valence-corrected chi connectivity index (χ4v) is 2.79. The van der Waals surface area contributed by atoms with Gasteiger partial charge in [0.1, 0.15) is 4.90 Å². The Bertz CT molecular complexity index is 622. The molecule has 0 saturated heterocycles. The summed E-state index contributed by atoms with van der Waals surface area (Å²) >= 11 is 3.14. The third-order valence-electron chi connectivity index (χ3n) is 2.05. The first-order chi connectivity index (χ1) is 6.98. The Kier molecular flexibility index (Phi) is 2.52. The van der Waals surface area contributed by atoms with Crippen LogP contribution in [-0.2, 0) is 10.2 Å². The van der Waals surface area contributed by atoms with E-state index in [0.717, 1.165) is 0 Å². The second-order valence-electron chi connectivity index (χ2n) is 3.06. The highest BCUT2D eigenvalue weighted by Gasteiger charge is 2.16. The lowest BCUT2D eigenvalue weighted by atomic mass is 10.1. The number of hydrogen-bond donors (Lipinski definition) is 0. The Morgan fingerprint density at radius 2 is 1.80 bits per heavy atom. The lowest BCUT2D eigenvalue weighted by Crippen LogP contribution is -1.93. The van der Waals surface area contributed by atoms with Gasteiger partial charge in [-0.3, -0.25) is 0 Å². The summed E-state index contributed by atoms with van der Waals surface area (Å²) in [5.41, 5.74) is 0. The van der Waals surface area contributed by atoms with Gasteiger partial charge in [-0.05, 0) is 17.5 Å². The quantitative estimate of drug-likeness (QED) is 0.755. The van der Waals surface area contributed by atoms with Gasteiger partial charge in [0.25, 0.3) is 0 Å². The van der Waals surface area contributed by atoms with Gasteiger partial charge in [-0.15, -0.1) is 3.89 Å². The van der Waals surface area contributed by atoms with Crippen molar-refractivity contribution < 1.29 is 12.3 Å². The zero-order valence-corrected chi connectivity index (χ0v) is 9.85. The van der Waals surface area contributed by atoms with Gasteiger partial charge in [-0.2, -0.15) is 8.42 Å². The SMILES string of the molecule is O=S(=O)(F)c1cc(Br)cc2ccccc12. The van der Waals surface area contributed by atoms with Crippen LogP contribution in [0.5, 0.6) is 0 Å². The van der Waals surface area contributed by atoms with Crippen molar-refractivity contribution in [3.63, 3.8) is 0 Å². The second-order valence-corrected chi connectivity index (χ2v) is 5.29. The third-order valence-corrected chi connectivity index (χ3v) is 3.37. The molecule has 0 atom stereocenters. The average Bonchev–Trinajstić information content (AvgIpc) is 2.15. The zero-order chi connectivity index (χ0) is 11.1. The van der Waals surface area contributed by atoms with E-state index in [4.69, 9.17) is 0 Å². The molecule has 0 heterocycles. The van der Waals surface area contributed by atoms with E-state index in [1.807, 2.05) is 0 Å². The molecular formula is C10H6BrFO2S. The first-order valence-electron chi connectivity index (χ1n) is 4.11. The maximum Gasteiger partial charge on any atom is 0.332 e. The van der Waals surface area contributed by atoms with E-state index >= 15 is 0 Å². The van der Waals surface area contributed by atoms with Crippen LogP contribution in [-0.4, -0.2) is 8.42 Å². The summed E-state index contributed by atoms with van der Waals surface area (Å²) < 4.78 is 35.3. The van der Waals surface area contributed by atoms with Crippen LogP contribution in [0, 0.1) is 0 Å². The van der Waals surface area contributed by atoms with E-state index in [0.29, 0.717) is 15.2 Å². The van der Waals surface area contributed by atoms with Crippen LogP contribution in [0.25, 0.3) is 10.8 Å². The highest BCUT2D eigenvalue weighted by atomic mass is 79.9. The molecule has 2 aromatic carbocycles. The number of hydrogen-bond acceptors (Lipinski definition) is 2. The van der Waals surface area contributed by atoms with Crippen LogP contribution in [0.15, 0.2) is 45.8 Å². The van der Waals surface area contributed by atoms with E-state index in [2.05, 4.69) is 15.9 Å². The highest BCUT2D eigenvalue weighted by molar-refractivity contribution is 9.10. The van der Waals surface area contributed by atoms with Crippen molar-refractivity contribution in [3.05, 3.63) is 40.9 Å². The summed E-state index contributed by atoms with van der Waals surface area (Å²) in [6, 6.07) is 9.75. The van der Waals surface area contributed by atoms with Crippen LogP contribution < -0.4 is 0 Å². The fraction of sp³-hybridized carbons (Fsp3) is 0. The first kappa shape index (κ1) is 10.6. The zero-order valence-electron chi connectivity index (χ0n) is 7.44. The minimum atomic E-state index is -4.68. The molecule has 0 aliphatic carbocycles. The molecule has 0 radical (unpaired) electrons. The maximum absolute atomic E-state index is 13.0. The molecule has 0 bridgehead atoms. The van der Waals surface area contributed by atoms with Crippen LogP contribution >= 0.6 is 15.9 Å². The van der Waals surface area contributed by atoms with Gasteiger partial charge in [0, 0.05) is 9.86 Å². The molecule has 0 aromatic heterocycles. The van der Waals surface area contributed by atoms with Crippen LogP contribution in [0.4, 0.5) is 3.89 Å². The normalized spacial score (nSPS) is 11.9. The van der Waals surface area contributed by atoms with Crippen molar-refractivity contribution in [1.82, 2.24) is 0 Å². The Balaban J connectivity index is 2.96. The topological polar surface area (TPSA) is 34.1 Å². The molecule has 78 valence electrons. The van der Waals surface area contributed by atoms with E-state index < -0.39 is 10.2 Å². The maximum atomic E-state index is 13.0. The van der Waals surface area contributed by atoms with Crippen molar-refractivity contribution in [2.24, 2.45) is 0 Å². The van der Waals surface area contributed by atoms with Crippen molar-refractivity contribution in [3.8, 4) is 0 Å². The van der Waals surface area contributed by atoms with Gasteiger partial charge < -0.3 is 0 Å². The lowest BCUT2D eigenvalue weighted by molar-refractivity contribution is 0.553. The molecule has 0 aliphatic rings. The molecule has 0 spiro atoms. The second kappa shape index (κ2) is 3.57. The molecule has 2 rings (SSSR count). The Labute approximate surface area is 95.1 Å². The smallest absolute Gasteiger partial charge is 0.189 e. The molecule has 0 aliphatic heterocycles. The summed E-state index contributed by atoms with van der Waals surface area (Å²) in [6.45, 7) is 0. The number of halogens is 2. The molecule has 0 unspecified atom stereocenters. The van der Waals surface area contributed by atoms with Crippen molar-refractivity contribution in [2.75, 3.05) is 0 Å². The van der Waals surface area contributed by atoms with E-state index in [-0.39, 0.29) is 4.90 Å². The Morgan fingerprint density at radius 1 is 1.13 bits per heavy atom. The largest absolute Gasteiger partial charge is 0.332 e. The summed E-state index contributed by atoms with van der Waals surface area (Å²) in [7, 11) is -4.68. The molecular weight excluding hydrogens is 283 g/mol. The molecule has 5 heteroatoms. The molecule has 15 heavy (non-hydrogen) atoms. The van der Waals surface area contributed by atoms with Gasteiger partial charge in [-0.25, -0.2) is 0 Å². The van der Waals surface area contributed by atoms with Gasteiger partial charge in [-0.1, -0.05) is 40.2 Å². The summed E-state index contributed by atoms with van der Waals surface area (Å²) in [5.74, 6) is 0. The monoisotopic (exact) mass is 288 g/mol. The molecule has 0 N–H and O–H groups in total. The van der Waals surface area contributed by atoms with Gasteiger partial charge in [0.05, 0.1) is 0 Å². The lowest BCUT2D eigenvalue weighted by Gasteiger charge is -2.03. The summed E-state index contributed by atoms with van der Waals surface area (Å²) in [4.78, 5) is -0.299. The van der Waals surface area contributed by atoms with E-state index in [1.54, 1.807) is 30.3 Å². The molecule has 0 fully saturated rings. The minimum absolute atomic E-state index is 0.299. The Morgan fingerprint density at radius 3 is 2.47 bits per heavy atom. The molecule has 2 nitrogen and oxygen atoms in total. The number of fused-ring (bicyclic) bond motifs is 1. The highest BCUT2D eigenvalue weighted by Crippen LogP contribution is 2.28. The van der Waals surface area contributed by atoms with Crippen LogP contribution in [0.2, 0.25) is 0 Å². The van der Waals surface area contributed by atoms with Crippen molar-refractivity contribution in [2.45, 2.75) is 4.90 Å². The first-order valence-corrected chi connectivity index (χ1v) is 6.29. The van der Waals surface area contributed by atoms with E-state index in [1.165, 1.54) is 6.07 Å². The van der Waals surface area contributed by atoms with Gasteiger partial charge in [0.2, 0.25) is 0 Å². The minimum Gasteiger partial charge on any atom is -0.189 e. The number of benzene rings is 2. The predicted octanol–water partition coefficient (Wildman–Crippen LogP) is 3.26. The van der Waals surface area contributed by atoms with Crippen molar-refractivity contribution in [1.29, 1.82) is 0 Å². The van der Waals surface area contributed by atoms with E-state index in [9.17, 15) is 12.3 Å².